The summed E-state index contributed by atoms with van der Waals surface area (Å²) in [6.07, 6.45) is 2.30. The fourth-order valence-electron chi connectivity index (χ4n) is 5.45. The highest BCUT2D eigenvalue weighted by Crippen LogP contribution is 2.44. The number of hydrogen-bond acceptors (Lipinski definition) is 4. The minimum absolute atomic E-state index is 0.00515. The van der Waals surface area contributed by atoms with Gasteiger partial charge >= 0.3 is 12.1 Å². The first-order chi connectivity index (χ1) is 16.8. The van der Waals surface area contributed by atoms with Crippen LogP contribution in [0.5, 0.6) is 0 Å². The van der Waals surface area contributed by atoms with Gasteiger partial charge in [-0.3, -0.25) is 9.59 Å². The summed E-state index contributed by atoms with van der Waals surface area (Å²) in [7, 11) is 0. The summed E-state index contributed by atoms with van der Waals surface area (Å²) in [6.45, 7) is 4.29. The number of nitrogens with one attached hydrogen (secondary N) is 1. The topological polar surface area (TPSA) is 95.9 Å². The average molecular weight is 479 g/mol. The van der Waals surface area contributed by atoms with E-state index < -0.39 is 12.1 Å². The Bertz CT molecular complexity index is 1040. The maximum absolute atomic E-state index is 13.1. The van der Waals surface area contributed by atoms with E-state index in [1.807, 2.05) is 38.1 Å². The van der Waals surface area contributed by atoms with Crippen molar-refractivity contribution in [3.8, 4) is 11.1 Å². The van der Waals surface area contributed by atoms with Crippen LogP contribution in [0.25, 0.3) is 11.1 Å². The Morgan fingerprint density at radius 2 is 1.66 bits per heavy atom. The van der Waals surface area contributed by atoms with Crippen molar-refractivity contribution in [2.75, 3.05) is 19.7 Å². The molecule has 0 aromatic heterocycles. The predicted octanol–water partition coefficient (Wildman–Crippen LogP) is 4.65. The Labute approximate surface area is 206 Å². The zero-order chi connectivity index (χ0) is 24.9. The molecule has 7 nitrogen and oxygen atoms in total. The van der Waals surface area contributed by atoms with E-state index >= 15 is 0 Å². The number of fused-ring (bicyclic) bond motifs is 3. The molecule has 0 saturated heterocycles. The van der Waals surface area contributed by atoms with Crippen molar-refractivity contribution in [3.05, 3.63) is 59.7 Å². The van der Waals surface area contributed by atoms with Crippen molar-refractivity contribution in [2.45, 2.75) is 51.5 Å². The molecule has 2 aliphatic rings. The molecule has 0 spiro atoms. The zero-order valence-electron chi connectivity index (χ0n) is 20.4. The number of carbonyl (C=O) groups excluding carboxylic acids is 2. The number of amides is 2. The molecule has 2 aromatic rings. The molecule has 1 saturated carbocycles. The summed E-state index contributed by atoms with van der Waals surface area (Å²) in [6, 6.07) is 16.2. The van der Waals surface area contributed by atoms with Gasteiger partial charge in [-0.05, 0) is 47.4 Å². The van der Waals surface area contributed by atoms with Gasteiger partial charge in [-0.2, -0.15) is 0 Å². The highest BCUT2D eigenvalue weighted by Gasteiger charge is 2.33. The lowest BCUT2D eigenvalue weighted by atomic mass is 9.84. The lowest BCUT2D eigenvalue weighted by Gasteiger charge is -2.33. The second-order valence-electron chi connectivity index (χ2n) is 10.0. The van der Waals surface area contributed by atoms with Crippen LogP contribution in [0, 0.1) is 11.8 Å². The summed E-state index contributed by atoms with van der Waals surface area (Å²) in [4.78, 5) is 38.4. The fraction of sp³-hybridized carbons (Fsp3) is 0.464. The minimum atomic E-state index is -1.01. The summed E-state index contributed by atoms with van der Waals surface area (Å²) in [5.41, 5.74) is 4.68. The first-order valence-corrected chi connectivity index (χ1v) is 12.5. The number of benzene rings is 2. The fourth-order valence-corrected chi connectivity index (χ4v) is 5.45. The van der Waals surface area contributed by atoms with Crippen molar-refractivity contribution in [3.63, 3.8) is 0 Å². The van der Waals surface area contributed by atoms with Gasteiger partial charge < -0.3 is 20.1 Å². The second-order valence-corrected chi connectivity index (χ2v) is 10.0. The SMILES string of the molecule is CC(C)CN(CC(=O)O)C(=O)C1CCCC(NC(=O)OCC2c3ccccc3-c3ccccc32)C1. The number of hydrogen-bond donors (Lipinski definition) is 2. The van der Waals surface area contributed by atoms with Crippen LogP contribution in [0.1, 0.15) is 56.6 Å². The molecule has 2 aromatic carbocycles. The molecule has 0 heterocycles. The second kappa shape index (κ2) is 10.9. The molecule has 2 aliphatic carbocycles. The number of ether oxygens (including phenoxy) is 1. The van der Waals surface area contributed by atoms with E-state index in [9.17, 15) is 19.5 Å². The van der Waals surface area contributed by atoms with Crippen LogP contribution in [0.3, 0.4) is 0 Å². The van der Waals surface area contributed by atoms with Crippen molar-refractivity contribution >= 4 is 18.0 Å². The van der Waals surface area contributed by atoms with E-state index in [0.717, 1.165) is 24.0 Å². The van der Waals surface area contributed by atoms with Gasteiger partial charge in [-0.25, -0.2) is 4.79 Å². The molecule has 2 N–H and O–H groups in total. The average Bonchev–Trinajstić information content (AvgIpc) is 3.15. The van der Waals surface area contributed by atoms with Crippen molar-refractivity contribution in [1.29, 1.82) is 0 Å². The van der Waals surface area contributed by atoms with Gasteiger partial charge in [-0.15, -0.1) is 0 Å². The molecule has 2 amide bonds. The number of carbonyl (C=O) groups is 3. The van der Waals surface area contributed by atoms with Gasteiger partial charge in [0.05, 0.1) is 0 Å². The summed E-state index contributed by atoms with van der Waals surface area (Å²) in [5.74, 6) is -1.27. The lowest BCUT2D eigenvalue weighted by Crippen LogP contribution is -2.46. The molecule has 0 bridgehead atoms. The van der Waals surface area contributed by atoms with E-state index in [2.05, 4.69) is 29.6 Å². The van der Waals surface area contributed by atoms with Crippen LogP contribution in [0.15, 0.2) is 48.5 Å². The number of nitrogens with zero attached hydrogens (tertiary/aromatic N) is 1. The zero-order valence-corrected chi connectivity index (χ0v) is 20.4. The summed E-state index contributed by atoms with van der Waals surface area (Å²) >= 11 is 0. The van der Waals surface area contributed by atoms with E-state index in [1.54, 1.807) is 0 Å². The standard InChI is InChI=1S/C28H34N2O5/c1-18(2)15-30(16-26(31)32)27(33)19-8-7-9-20(14-19)29-28(34)35-17-25-23-12-5-3-10-21(23)22-11-4-6-13-24(22)25/h3-6,10-13,18-20,25H,7-9,14-17H2,1-2H3,(H,29,34)(H,31,32). The normalized spacial score (nSPS) is 19.1. The summed E-state index contributed by atoms with van der Waals surface area (Å²) in [5, 5.41) is 12.2. The predicted molar refractivity (Wildman–Crippen MR) is 133 cm³/mol. The lowest BCUT2D eigenvalue weighted by molar-refractivity contribution is -0.147. The Morgan fingerprint density at radius 3 is 2.26 bits per heavy atom. The molecule has 186 valence electrons. The number of rotatable bonds is 8. The van der Waals surface area contributed by atoms with Crippen LogP contribution in [-0.2, 0) is 14.3 Å². The van der Waals surface area contributed by atoms with E-state index in [1.165, 1.54) is 16.0 Å². The molecular weight excluding hydrogens is 444 g/mol. The molecule has 0 radical (unpaired) electrons. The highest BCUT2D eigenvalue weighted by molar-refractivity contribution is 5.83. The van der Waals surface area contributed by atoms with Gasteiger partial charge in [0.1, 0.15) is 13.2 Å². The molecule has 2 unspecified atom stereocenters. The number of alkyl carbamates (subject to hydrolysis) is 1. The number of carboxylic acid groups (broad SMARTS) is 1. The molecular formula is C28H34N2O5. The number of carboxylic acids is 1. The quantitative estimate of drug-likeness (QED) is 0.576. The van der Waals surface area contributed by atoms with Crippen molar-refractivity contribution in [1.82, 2.24) is 10.2 Å². The third-order valence-corrected chi connectivity index (χ3v) is 6.91. The van der Waals surface area contributed by atoms with Gasteiger partial charge in [-0.1, -0.05) is 68.8 Å². The van der Waals surface area contributed by atoms with Gasteiger partial charge in [0.2, 0.25) is 5.91 Å². The molecule has 0 aliphatic heterocycles. The smallest absolute Gasteiger partial charge is 0.407 e. The number of aliphatic carboxylic acids is 1. The van der Waals surface area contributed by atoms with Crippen LogP contribution in [0.2, 0.25) is 0 Å². The molecule has 35 heavy (non-hydrogen) atoms. The van der Waals surface area contributed by atoms with E-state index in [4.69, 9.17) is 4.74 Å². The highest BCUT2D eigenvalue weighted by atomic mass is 16.5. The van der Waals surface area contributed by atoms with Crippen LogP contribution < -0.4 is 5.32 Å². The van der Waals surface area contributed by atoms with Crippen molar-refractivity contribution < 1.29 is 24.2 Å². The van der Waals surface area contributed by atoms with E-state index in [-0.39, 0.29) is 42.9 Å². The molecule has 2 atom stereocenters. The summed E-state index contributed by atoms with van der Waals surface area (Å²) < 4.78 is 5.67. The maximum atomic E-state index is 13.1. The Morgan fingerprint density at radius 1 is 1.03 bits per heavy atom. The molecule has 7 heteroatoms. The monoisotopic (exact) mass is 478 g/mol. The van der Waals surface area contributed by atoms with E-state index in [0.29, 0.717) is 19.4 Å². The van der Waals surface area contributed by atoms with Gasteiger partial charge in [0.25, 0.3) is 0 Å². The van der Waals surface area contributed by atoms with Crippen LogP contribution >= 0.6 is 0 Å². The third-order valence-electron chi connectivity index (χ3n) is 6.91. The van der Waals surface area contributed by atoms with Crippen LogP contribution in [-0.4, -0.2) is 53.7 Å². The van der Waals surface area contributed by atoms with Crippen molar-refractivity contribution in [2.24, 2.45) is 11.8 Å². The minimum Gasteiger partial charge on any atom is -0.480 e. The first-order valence-electron chi connectivity index (χ1n) is 12.5. The van der Waals surface area contributed by atoms with Crippen LogP contribution in [0.4, 0.5) is 4.79 Å². The molecule has 4 rings (SSSR count). The van der Waals surface area contributed by atoms with Gasteiger partial charge in [0.15, 0.2) is 0 Å². The molecule has 1 fully saturated rings. The first kappa shape index (κ1) is 24.8. The van der Waals surface area contributed by atoms with Gasteiger partial charge in [0, 0.05) is 24.4 Å². The maximum Gasteiger partial charge on any atom is 0.407 e. The largest absolute Gasteiger partial charge is 0.480 e. The Hall–Kier alpha value is -3.35. The third kappa shape index (κ3) is 5.84. The Balaban J connectivity index is 1.34. The Kier molecular flexibility index (Phi) is 7.73.